The average Bonchev–Trinajstić information content (AvgIpc) is 2.58. The lowest BCUT2D eigenvalue weighted by molar-refractivity contribution is 0.117. The van der Waals surface area contributed by atoms with E-state index in [9.17, 15) is 4.39 Å². The molecule has 88 valence electrons. The lowest BCUT2D eigenvalue weighted by Gasteiger charge is -2.30. The summed E-state index contributed by atoms with van der Waals surface area (Å²) >= 11 is 0. The molecule has 1 saturated heterocycles. The smallest absolute Gasteiger partial charge is 0.107 e. The third kappa shape index (κ3) is 3.17. The first-order chi connectivity index (χ1) is 7.38. The van der Waals surface area contributed by atoms with Gasteiger partial charge in [0, 0.05) is 12.5 Å². The summed E-state index contributed by atoms with van der Waals surface area (Å²) in [7, 11) is 0. The molecule has 2 rings (SSSR count). The molecular formula is C13H24FN. The molecule has 1 N–H and O–H groups in total. The summed E-state index contributed by atoms with van der Waals surface area (Å²) in [5.41, 5.74) is 0. The summed E-state index contributed by atoms with van der Waals surface area (Å²) in [6, 6.07) is 0. The zero-order valence-electron chi connectivity index (χ0n) is 9.68. The van der Waals surface area contributed by atoms with E-state index in [1.807, 2.05) is 0 Å². The Morgan fingerprint density at radius 2 is 1.53 bits per heavy atom. The highest BCUT2D eigenvalue weighted by molar-refractivity contribution is 4.82. The van der Waals surface area contributed by atoms with E-state index in [0.29, 0.717) is 11.8 Å². The van der Waals surface area contributed by atoms with Gasteiger partial charge in [0.05, 0.1) is 0 Å². The molecule has 0 aromatic carbocycles. The zero-order valence-corrected chi connectivity index (χ0v) is 9.68. The van der Waals surface area contributed by atoms with Crippen LogP contribution in [0, 0.1) is 11.8 Å². The van der Waals surface area contributed by atoms with Gasteiger partial charge in [0.2, 0.25) is 0 Å². The van der Waals surface area contributed by atoms with Gasteiger partial charge in [-0.2, -0.15) is 0 Å². The van der Waals surface area contributed by atoms with Crippen molar-refractivity contribution in [3.8, 4) is 0 Å². The molecule has 2 aliphatic rings. The number of rotatable bonds is 2. The molecule has 2 unspecified atom stereocenters. The predicted octanol–water partition coefficient (Wildman–Crippen LogP) is 3.29. The first-order valence-electron chi connectivity index (χ1n) is 6.72. The minimum Gasteiger partial charge on any atom is -0.316 e. The van der Waals surface area contributed by atoms with Gasteiger partial charge < -0.3 is 5.32 Å². The lowest BCUT2D eigenvalue weighted by Crippen LogP contribution is -2.38. The second kappa shape index (κ2) is 5.83. The number of hydrogen-bond donors (Lipinski definition) is 1. The number of alkyl halides is 1. The van der Waals surface area contributed by atoms with Gasteiger partial charge >= 0.3 is 0 Å². The molecule has 2 atom stereocenters. The highest BCUT2D eigenvalue weighted by Crippen LogP contribution is 2.32. The van der Waals surface area contributed by atoms with E-state index >= 15 is 0 Å². The summed E-state index contributed by atoms with van der Waals surface area (Å²) < 4.78 is 14.3. The van der Waals surface area contributed by atoms with Crippen LogP contribution in [0.15, 0.2) is 0 Å². The van der Waals surface area contributed by atoms with Crippen molar-refractivity contribution in [2.75, 3.05) is 13.1 Å². The molecular weight excluding hydrogens is 189 g/mol. The van der Waals surface area contributed by atoms with Gasteiger partial charge in [-0.05, 0) is 38.1 Å². The summed E-state index contributed by atoms with van der Waals surface area (Å²) in [6.07, 6.45) is 9.17. The van der Waals surface area contributed by atoms with Gasteiger partial charge in [-0.1, -0.05) is 25.7 Å². The molecule has 0 radical (unpaired) electrons. The zero-order chi connectivity index (χ0) is 10.5. The molecule has 1 saturated carbocycles. The van der Waals surface area contributed by atoms with Crippen LogP contribution < -0.4 is 5.32 Å². The van der Waals surface area contributed by atoms with Crippen LogP contribution in [0.2, 0.25) is 0 Å². The van der Waals surface area contributed by atoms with Crippen LogP contribution >= 0.6 is 0 Å². The molecule has 0 aromatic rings. The van der Waals surface area contributed by atoms with Crippen molar-refractivity contribution in [3.05, 3.63) is 0 Å². The van der Waals surface area contributed by atoms with E-state index in [1.54, 1.807) is 0 Å². The topological polar surface area (TPSA) is 12.0 Å². The number of nitrogens with one attached hydrogen (secondary N) is 1. The van der Waals surface area contributed by atoms with E-state index in [0.717, 1.165) is 38.8 Å². The van der Waals surface area contributed by atoms with Crippen LogP contribution in [0.5, 0.6) is 0 Å². The SMILES string of the molecule is FC(C1CCCCCC1)C1CCCNC1. The Bertz CT molecular complexity index is 169. The fourth-order valence-corrected chi connectivity index (χ4v) is 3.16. The molecule has 2 heteroatoms. The van der Waals surface area contributed by atoms with Crippen molar-refractivity contribution >= 4 is 0 Å². The Kier molecular flexibility index (Phi) is 4.42. The molecule has 2 fully saturated rings. The van der Waals surface area contributed by atoms with E-state index in [-0.39, 0.29) is 0 Å². The van der Waals surface area contributed by atoms with Gasteiger partial charge in [0.1, 0.15) is 6.17 Å². The fourth-order valence-electron chi connectivity index (χ4n) is 3.16. The van der Waals surface area contributed by atoms with Crippen molar-refractivity contribution in [1.82, 2.24) is 5.32 Å². The molecule has 0 amide bonds. The quantitative estimate of drug-likeness (QED) is 0.694. The number of piperidine rings is 1. The Morgan fingerprint density at radius 3 is 2.13 bits per heavy atom. The summed E-state index contributed by atoms with van der Waals surface area (Å²) in [4.78, 5) is 0. The first-order valence-corrected chi connectivity index (χ1v) is 6.72. The van der Waals surface area contributed by atoms with Crippen LogP contribution in [0.1, 0.15) is 51.4 Å². The fraction of sp³-hybridized carbons (Fsp3) is 1.00. The highest BCUT2D eigenvalue weighted by atomic mass is 19.1. The number of hydrogen-bond acceptors (Lipinski definition) is 1. The predicted molar refractivity (Wildman–Crippen MR) is 61.7 cm³/mol. The first kappa shape index (κ1) is 11.4. The van der Waals surface area contributed by atoms with E-state index < -0.39 is 6.17 Å². The van der Waals surface area contributed by atoms with Crippen molar-refractivity contribution in [2.45, 2.75) is 57.5 Å². The summed E-state index contributed by atoms with van der Waals surface area (Å²) in [5.74, 6) is 0.680. The minimum atomic E-state index is -0.532. The molecule has 0 bridgehead atoms. The molecule has 0 spiro atoms. The third-order valence-electron chi connectivity index (χ3n) is 4.14. The Hall–Kier alpha value is -0.110. The van der Waals surface area contributed by atoms with Gasteiger partial charge in [0.25, 0.3) is 0 Å². The normalized spacial score (nSPS) is 32.2. The van der Waals surface area contributed by atoms with Crippen molar-refractivity contribution in [1.29, 1.82) is 0 Å². The monoisotopic (exact) mass is 213 g/mol. The van der Waals surface area contributed by atoms with Crippen LogP contribution in [0.3, 0.4) is 0 Å². The average molecular weight is 213 g/mol. The van der Waals surface area contributed by atoms with Gasteiger partial charge in [0.15, 0.2) is 0 Å². The van der Waals surface area contributed by atoms with Gasteiger partial charge in [-0.15, -0.1) is 0 Å². The van der Waals surface area contributed by atoms with Gasteiger partial charge in [-0.3, -0.25) is 0 Å². The van der Waals surface area contributed by atoms with E-state index in [4.69, 9.17) is 0 Å². The van der Waals surface area contributed by atoms with E-state index in [1.165, 1.54) is 25.7 Å². The largest absolute Gasteiger partial charge is 0.316 e. The van der Waals surface area contributed by atoms with Crippen LogP contribution in [0.25, 0.3) is 0 Å². The van der Waals surface area contributed by atoms with Crippen LogP contribution in [0.4, 0.5) is 4.39 Å². The van der Waals surface area contributed by atoms with Crippen LogP contribution in [-0.2, 0) is 0 Å². The Morgan fingerprint density at radius 1 is 0.867 bits per heavy atom. The maximum atomic E-state index is 14.3. The Labute approximate surface area is 92.8 Å². The minimum absolute atomic E-state index is 0.307. The molecule has 1 nitrogen and oxygen atoms in total. The highest BCUT2D eigenvalue weighted by Gasteiger charge is 2.30. The number of halogens is 1. The standard InChI is InChI=1S/C13H24FN/c14-13(12-8-5-9-15-10-12)11-6-3-1-2-4-7-11/h11-13,15H,1-10H2. The molecule has 1 heterocycles. The second-order valence-corrected chi connectivity index (χ2v) is 5.30. The van der Waals surface area contributed by atoms with Crippen LogP contribution in [-0.4, -0.2) is 19.3 Å². The summed E-state index contributed by atoms with van der Waals surface area (Å²) in [5, 5.41) is 3.33. The lowest BCUT2D eigenvalue weighted by atomic mass is 9.83. The molecule has 0 aromatic heterocycles. The summed E-state index contributed by atoms with van der Waals surface area (Å²) in [6.45, 7) is 2.01. The van der Waals surface area contributed by atoms with E-state index in [2.05, 4.69) is 5.32 Å². The van der Waals surface area contributed by atoms with Crippen molar-refractivity contribution in [2.24, 2.45) is 11.8 Å². The van der Waals surface area contributed by atoms with Crippen molar-refractivity contribution in [3.63, 3.8) is 0 Å². The Balaban J connectivity index is 1.83. The van der Waals surface area contributed by atoms with Gasteiger partial charge in [-0.25, -0.2) is 4.39 Å². The maximum Gasteiger partial charge on any atom is 0.107 e. The van der Waals surface area contributed by atoms with Crippen molar-refractivity contribution < 1.29 is 4.39 Å². The third-order valence-corrected chi connectivity index (χ3v) is 4.14. The molecule has 15 heavy (non-hydrogen) atoms. The molecule has 1 aliphatic heterocycles. The second-order valence-electron chi connectivity index (χ2n) is 5.30. The maximum absolute atomic E-state index is 14.3. The molecule has 1 aliphatic carbocycles.